The predicted molar refractivity (Wildman–Crippen MR) is 73.8 cm³/mol. The van der Waals surface area contributed by atoms with Gasteiger partial charge >= 0.3 is 0 Å². The van der Waals surface area contributed by atoms with Gasteiger partial charge in [-0.05, 0) is 30.1 Å². The maximum absolute atomic E-state index is 11.3. The monoisotopic (exact) mass is 306 g/mol. The molecular formula is C9H11ClN4O2S2. The summed E-state index contributed by atoms with van der Waals surface area (Å²) in [6.07, 6.45) is 0. The molecule has 0 saturated heterocycles. The van der Waals surface area contributed by atoms with Crippen molar-refractivity contribution >= 4 is 49.0 Å². The largest absolute Gasteiger partial charge is 0.368 e. The van der Waals surface area contributed by atoms with Crippen LogP contribution in [0.1, 0.15) is 0 Å². The summed E-state index contributed by atoms with van der Waals surface area (Å²) in [5.74, 6) is 0.522. The van der Waals surface area contributed by atoms with Gasteiger partial charge in [-0.15, -0.1) is 11.3 Å². The lowest BCUT2D eigenvalue weighted by molar-refractivity contribution is 0.588. The summed E-state index contributed by atoms with van der Waals surface area (Å²) >= 11 is 7.24. The summed E-state index contributed by atoms with van der Waals surface area (Å²) < 4.78 is 24.8. The zero-order valence-electron chi connectivity index (χ0n) is 9.47. The minimum Gasteiger partial charge on any atom is -0.368 e. The van der Waals surface area contributed by atoms with Gasteiger partial charge < -0.3 is 5.32 Å². The number of aromatic nitrogens is 2. The molecule has 2 aromatic heterocycles. The van der Waals surface area contributed by atoms with E-state index < -0.39 is 10.0 Å². The molecule has 2 rings (SSSR count). The van der Waals surface area contributed by atoms with Crippen LogP contribution in [-0.4, -0.2) is 37.7 Å². The van der Waals surface area contributed by atoms with E-state index in [-0.39, 0.29) is 17.6 Å². The number of nitrogens with zero attached hydrogens (tertiary/aromatic N) is 2. The molecule has 6 nitrogen and oxygen atoms in total. The summed E-state index contributed by atoms with van der Waals surface area (Å²) in [4.78, 5) is 8.90. The van der Waals surface area contributed by atoms with Crippen LogP contribution < -0.4 is 10.0 Å². The fraction of sp³-hybridized carbons (Fsp3) is 0.333. The molecule has 18 heavy (non-hydrogen) atoms. The van der Waals surface area contributed by atoms with Crippen molar-refractivity contribution in [2.45, 2.75) is 0 Å². The van der Waals surface area contributed by atoms with Crippen LogP contribution in [0.3, 0.4) is 0 Å². The van der Waals surface area contributed by atoms with Gasteiger partial charge in [-0.25, -0.2) is 23.1 Å². The summed E-state index contributed by atoms with van der Waals surface area (Å²) in [5.41, 5.74) is 0. The zero-order valence-corrected chi connectivity index (χ0v) is 11.9. The number of rotatable bonds is 5. The molecule has 2 heterocycles. The Morgan fingerprint density at radius 2 is 2.22 bits per heavy atom. The third-order valence-electron chi connectivity index (χ3n) is 2.27. The smallest absolute Gasteiger partial charge is 0.225 e. The molecule has 9 heteroatoms. The standard InChI is InChI=1S/C9H11ClN4O2S2/c1-11-18(15,16)5-3-12-7-6-2-4-17-8(6)14-9(10)13-7/h2,4,11H,3,5H2,1H3,(H,12,13,14). The fourth-order valence-corrected chi connectivity index (χ4v) is 2.93. The average molecular weight is 307 g/mol. The van der Waals surface area contributed by atoms with Crippen LogP contribution in [0.15, 0.2) is 11.4 Å². The van der Waals surface area contributed by atoms with Crippen molar-refractivity contribution in [2.75, 3.05) is 24.7 Å². The Morgan fingerprint density at radius 1 is 1.44 bits per heavy atom. The minimum absolute atomic E-state index is 0.0310. The predicted octanol–water partition coefficient (Wildman–Crippen LogP) is 1.31. The van der Waals surface area contributed by atoms with Gasteiger partial charge in [-0.2, -0.15) is 0 Å². The molecule has 0 aliphatic rings. The third kappa shape index (κ3) is 3.08. The third-order valence-corrected chi connectivity index (χ3v) is 4.61. The van der Waals surface area contributed by atoms with Gasteiger partial charge in [0.2, 0.25) is 15.3 Å². The van der Waals surface area contributed by atoms with Crippen LogP contribution in [0.25, 0.3) is 10.2 Å². The second-order valence-corrected chi connectivity index (χ2v) is 6.71. The molecule has 0 aromatic carbocycles. The summed E-state index contributed by atoms with van der Waals surface area (Å²) in [6.45, 7) is 0.251. The molecule has 0 amide bonds. The topological polar surface area (TPSA) is 84.0 Å². The first-order valence-electron chi connectivity index (χ1n) is 5.07. The van der Waals surface area contributed by atoms with Crippen molar-refractivity contribution in [1.82, 2.24) is 14.7 Å². The lowest BCUT2D eigenvalue weighted by Crippen LogP contribution is -2.26. The SMILES string of the molecule is CNS(=O)(=O)CCNc1nc(Cl)nc2sccc12. The highest BCUT2D eigenvalue weighted by atomic mass is 35.5. The average Bonchev–Trinajstić information content (AvgIpc) is 2.76. The number of hydrogen-bond acceptors (Lipinski definition) is 6. The summed E-state index contributed by atoms with van der Waals surface area (Å²) in [6, 6.07) is 1.87. The maximum atomic E-state index is 11.3. The fourth-order valence-electron chi connectivity index (χ4n) is 1.37. The molecular weight excluding hydrogens is 296 g/mol. The molecule has 98 valence electrons. The van der Waals surface area contributed by atoms with Gasteiger partial charge in [0.1, 0.15) is 10.6 Å². The van der Waals surface area contributed by atoms with Crippen molar-refractivity contribution < 1.29 is 8.42 Å². The first-order chi connectivity index (χ1) is 8.52. The number of nitrogens with one attached hydrogen (secondary N) is 2. The lowest BCUT2D eigenvalue weighted by atomic mass is 10.4. The van der Waals surface area contributed by atoms with E-state index in [2.05, 4.69) is 20.0 Å². The van der Waals surface area contributed by atoms with Gasteiger partial charge in [0.05, 0.1) is 11.1 Å². The van der Waals surface area contributed by atoms with E-state index in [9.17, 15) is 8.42 Å². The summed E-state index contributed by atoms with van der Waals surface area (Å²) in [5, 5.41) is 5.82. The quantitative estimate of drug-likeness (QED) is 0.814. The highest BCUT2D eigenvalue weighted by Gasteiger charge is 2.10. The van der Waals surface area contributed by atoms with Gasteiger partial charge in [-0.1, -0.05) is 0 Å². The number of anilines is 1. The van der Waals surface area contributed by atoms with E-state index in [0.717, 1.165) is 10.2 Å². The van der Waals surface area contributed by atoms with Crippen molar-refractivity contribution in [2.24, 2.45) is 0 Å². The van der Waals surface area contributed by atoms with Gasteiger partial charge in [-0.3, -0.25) is 0 Å². The number of thiophene rings is 1. The minimum atomic E-state index is -3.23. The number of fused-ring (bicyclic) bond motifs is 1. The van der Waals surface area contributed by atoms with Crippen molar-refractivity contribution in [3.05, 3.63) is 16.7 Å². The van der Waals surface area contributed by atoms with Gasteiger partial charge in [0.25, 0.3) is 0 Å². The van der Waals surface area contributed by atoms with Gasteiger partial charge in [0.15, 0.2) is 0 Å². The molecule has 0 fully saturated rings. The van der Waals surface area contributed by atoms with Crippen molar-refractivity contribution in [3.8, 4) is 0 Å². The highest BCUT2D eigenvalue weighted by molar-refractivity contribution is 7.89. The molecule has 0 spiro atoms. The van der Waals surface area contributed by atoms with Crippen LogP contribution in [-0.2, 0) is 10.0 Å². The Labute approximate surface area is 113 Å². The molecule has 0 aliphatic carbocycles. The van der Waals surface area contributed by atoms with Crippen LogP contribution >= 0.6 is 22.9 Å². The Morgan fingerprint density at radius 3 is 2.94 bits per heavy atom. The van der Waals surface area contributed by atoms with E-state index in [0.29, 0.717) is 5.82 Å². The van der Waals surface area contributed by atoms with Crippen LogP contribution in [0.5, 0.6) is 0 Å². The van der Waals surface area contributed by atoms with E-state index in [1.807, 2.05) is 11.4 Å². The maximum Gasteiger partial charge on any atom is 0.225 e. The Bertz CT molecular complexity index is 656. The van der Waals surface area contributed by atoms with E-state index in [1.54, 1.807) is 0 Å². The molecule has 2 aromatic rings. The van der Waals surface area contributed by atoms with Crippen LogP contribution in [0.4, 0.5) is 5.82 Å². The first-order valence-corrected chi connectivity index (χ1v) is 7.98. The van der Waals surface area contributed by atoms with Gasteiger partial charge in [0, 0.05) is 6.54 Å². The Hall–Kier alpha value is -0.960. The number of hydrogen-bond donors (Lipinski definition) is 2. The molecule has 0 bridgehead atoms. The van der Waals surface area contributed by atoms with E-state index >= 15 is 0 Å². The molecule has 2 N–H and O–H groups in total. The van der Waals surface area contributed by atoms with Crippen molar-refractivity contribution in [1.29, 1.82) is 0 Å². The van der Waals surface area contributed by atoms with Crippen LogP contribution in [0.2, 0.25) is 5.28 Å². The second kappa shape index (κ2) is 5.35. The molecule has 0 radical (unpaired) electrons. The van der Waals surface area contributed by atoms with E-state index in [1.165, 1.54) is 18.4 Å². The number of halogens is 1. The Kier molecular flexibility index (Phi) is 4.00. The lowest BCUT2D eigenvalue weighted by Gasteiger charge is -2.07. The Balaban J connectivity index is 2.14. The molecule has 0 atom stereocenters. The van der Waals surface area contributed by atoms with Crippen LogP contribution in [0, 0.1) is 0 Å². The van der Waals surface area contributed by atoms with Crippen molar-refractivity contribution in [3.63, 3.8) is 0 Å². The molecule has 0 aliphatic heterocycles. The van der Waals surface area contributed by atoms with E-state index in [4.69, 9.17) is 11.6 Å². The zero-order chi connectivity index (χ0) is 13.2. The first kappa shape index (κ1) is 13.5. The molecule has 0 unspecified atom stereocenters. The molecule has 0 saturated carbocycles. The normalized spacial score (nSPS) is 11.9. The summed E-state index contributed by atoms with van der Waals surface area (Å²) in [7, 11) is -1.84. The highest BCUT2D eigenvalue weighted by Crippen LogP contribution is 2.26. The second-order valence-electron chi connectivity index (χ2n) is 3.43. The number of sulfonamides is 1.